The van der Waals surface area contributed by atoms with Crippen LogP contribution in [0.4, 0.5) is 11.6 Å². The number of aromatic nitrogens is 4. The maximum Gasteiger partial charge on any atom is 0.245 e. The molecule has 0 saturated carbocycles. The van der Waals surface area contributed by atoms with E-state index in [4.69, 9.17) is 9.37 Å². The van der Waals surface area contributed by atoms with Crippen LogP contribution in [0.15, 0.2) is 4.63 Å². The van der Waals surface area contributed by atoms with Crippen LogP contribution in [-0.2, 0) is 9.53 Å². The number of hydrogen-bond acceptors (Lipinski definition) is 9. The zero-order chi connectivity index (χ0) is 15.6. The van der Waals surface area contributed by atoms with Crippen LogP contribution in [-0.4, -0.2) is 84.1 Å². The molecule has 0 radical (unpaired) electrons. The minimum Gasteiger partial charge on any atom is -0.378 e. The van der Waals surface area contributed by atoms with Gasteiger partial charge in [-0.15, -0.1) is 0 Å². The van der Waals surface area contributed by atoms with E-state index in [1.807, 2.05) is 0 Å². The fraction of sp³-hybridized carbons (Fsp3) is 0.615. The van der Waals surface area contributed by atoms with Crippen LogP contribution >= 0.6 is 0 Å². The summed E-state index contributed by atoms with van der Waals surface area (Å²) in [5, 5.41) is 7.59. The van der Waals surface area contributed by atoms with Gasteiger partial charge in [-0.1, -0.05) is 0 Å². The standard InChI is InChI=1S/C13H17N7O3/c21-9-18-1-3-19(4-2-18)12-13(20-5-7-22-8-6-20)15-11-10(14-12)16-23-17-11/h9H,1-8H2. The summed E-state index contributed by atoms with van der Waals surface area (Å²) in [4.78, 5) is 26.1. The highest BCUT2D eigenvalue weighted by atomic mass is 16.6. The first-order chi connectivity index (χ1) is 11.3. The van der Waals surface area contributed by atoms with Gasteiger partial charge in [0.2, 0.25) is 17.7 Å². The molecule has 0 spiro atoms. The number of morpholine rings is 1. The minimum absolute atomic E-state index is 0.398. The van der Waals surface area contributed by atoms with E-state index in [-0.39, 0.29) is 0 Å². The largest absolute Gasteiger partial charge is 0.378 e. The van der Waals surface area contributed by atoms with Crippen LogP contribution in [0.25, 0.3) is 11.3 Å². The molecule has 4 rings (SSSR count). The lowest BCUT2D eigenvalue weighted by Gasteiger charge is -2.36. The number of amides is 1. The first kappa shape index (κ1) is 14.1. The first-order valence-electron chi connectivity index (χ1n) is 7.62. The van der Waals surface area contributed by atoms with Crippen LogP contribution in [0.3, 0.4) is 0 Å². The summed E-state index contributed by atoms with van der Waals surface area (Å²) >= 11 is 0. The molecule has 2 aliphatic heterocycles. The normalized spacial score (nSPS) is 19.4. The van der Waals surface area contributed by atoms with E-state index in [1.54, 1.807) is 4.90 Å². The Bertz CT molecular complexity index is 692. The Hall–Kier alpha value is -2.49. The summed E-state index contributed by atoms with van der Waals surface area (Å²) in [6.45, 7) is 5.60. The number of carbonyl (C=O) groups is 1. The van der Waals surface area contributed by atoms with Crippen molar-refractivity contribution in [3.63, 3.8) is 0 Å². The second-order valence-electron chi connectivity index (χ2n) is 5.51. The van der Waals surface area contributed by atoms with Gasteiger partial charge < -0.3 is 19.4 Å². The molecular formula is C13H17N7O3. The molecule has 10 nitrogen and oxygen atoms in total. The number of fused-ring (bicyclic) bond motifs is 1. The average Bonchev–Trinajstić information content (AvgIpc) is 3.09. The second kappa shape index (κ2) is 5.95. The lowest BCUT2D eigenvalue weighted by Crippen LogP contribution is -2.47. The number of piperazine rings is 1. The molecule has 1 amide bonds. The zero-order valence-corrected chi connectivity index (χ0v) is 12.6. The molecule has 4 heterocycles. The molecule has 2 aliphatic rings. The van der Waals surface area contributed by atoms with Crippen LogP contribution < -0.4 is 9.80 Å². The quantitative estimate of drug-likeness (QED) is 0.668. The number of ether oxygens (including phenoxy) is 1. The van der Waals surface area contributed by atoms with Crippen LogP contribution in [0.2, 0.25) is 0 Å². The Kier molecular flexibility index (Phi) is 3.66. The zero-order valence-electron chi connectivity index (χ0n) is 12.6. The molecule has 2 saturated heterocycles. The Labute approximate surface area is 132 Å². The summed E-state index contributed by atoms with van der Waals surface area (Å²) in [5.41, 5.74) is 0.802. The van der Waals surface area contributed by atoms with Crippen molar-refractivity contribution >= 4 is 29.3 Å². The molecule has 23 heavy (non-hydrogen) atoms. The van der Waals surface area contributed by atoms with Crippen molar-refractivity contribution in [1.29, 1.82) is 0 Å². The number of anilines is 2. The Morgan fingerprint density at radius 2 is 1.39 bits per heavy atom. The number of hydrogen-bond donors (Lipinski definition) is 0. The van der Waals surface area contributed by atoms with E-state index in [0.29, 0.717) is 50.7 Å². The summed E-state index contributed by atoms with van der Waals surface area (Å²) in [5.74, 6) is 1.54. The second-order valence-corrected chi connectivity index (χ2v) is 5.51. The average molecular weight is 319 g/mol. The summed E-state index contributed by atoms with van der Waals surface area (Å²) in [6, 6.07) is 0. The maximum absolute atomic E-state index is 10.9. The van der Waals surface area contributed by atoms with Crippen molar-refractivity contribution in [2.24, 2.45) is 0 Å². The third-order valence-electron chi connectivity index (χ3n) is 4.15. The minimum atomic E-state index is 0.398. The lowest BCUT2D eigenvalue weighted by molar-refractivity contribution is -0.118. The Morgan fingerprint density at radius 3 is 1.96 bits per heavy atom. The van der Waals surface area contributed by atoms with Gasteiger partial charge in [-0.25, -0.2) is 14.6 Å². The number of carbonyl (C=O) groups excluding carboxylic acids is 1. The van der Waals surface area contributed by atoms with Gasteiger partial charge in [0.25, 0.3) is 0 Å². The van der Waals surface area contributed by atoms with Gasteiger partial charge in [-0.05, 0) is 10.3 Å². The van der Waals surface area contributed by atoms with Crippen molar-refractivity contribution in [1.82, 2.24) is 25.2 Å². The van der Waals surface area contributed by atoms with E-state index >= 15 is 0 Å². The molecule has 10 heteroatoms. The maximum atomic E-state index is 10.9. The molecule has 2 fully saturated rings. The van der Waals surface area contributed by atoms with Crippen molar-refractivity contribution in [2.45, 2.75) is 0 Å². The first-order valence-corrected chi connectivity index (χ1v) is 7.62. The van der Waals surface area contributed by atoms with Crippen molar-refractivity contribution in [3.8, 4) is 0 Å². The smallest absolute Gasteiger partial charge is 0.245 e. The van der Waals surface area contributed by atoms with Gasteiger partial charge in [-0.3, -0.25) is 4.79 Å². The van der Waals surface area contributed by atoms with E-state index in [1.165, 1.54) is 0 Å². The van der Waals surface area contributed by atoms with Gasteiger partial charge in [0, 0.05) is 39.3 Å². The van der Waals surface area contributed by atoms with Crippen LogP contribution in [0.1, 0.15) is 0 Å². The van der Waals surface area contributed by atoms with E-state index in [0.717, 1.165) is 31.1 Å². The highest BCUT2D eigenvalue weighted by molar-refractivity contribution is 5.75. The highest BCUT2D eigenvalue weighted by Crippen LogP contribution is 2.28. The molecule has 2 aromatic heterocycles. The van der Waals surface area contributed by atoms with E-state index in [2.05, 4.69) is 30.1 Å². The SMILES string of the molecule is O=CN1CCN(c2nc3nonc3nc2N2CCOCC2)CC1. The monoisotopic (exact) mass is 319 g/mol. The molecule has 0 bridgehead atoms. The molecule has 122 valence electrons. The summed E-state index contributed by atoms with van der Waals surface area (Å²) in [6.07, 6.45) is 0.886. The van der Waals surface area contributed by atoms with E-state index in [9.17, 15) is 4.79 Å². The van der Waals surface area contributed by atoms with Gasteiger partial charge >= 0.3 is 0 Å². The summed E-state index contributed by atoms with van der Waals surface area (Å²) < 4.78 is 10.2. The fourth-order valence-corrected chi connectivity index (χ4v) is 2.86. The fourth-order valence-electron chi connectivity index (χ4n) is 2.86. The Balaban J connectivity index is 1.69. The predicted octanol–water partition coefficient (Wildman–Crippen LogP) is -0.872. The van der Waals surface area contributed by atoms with Crippen LogP contribution in [0.5, 0.6) is 0 Å². The molecule has 0 atom stereocenters. The predicted molar refractivity (Wildman–Crippen MR) is 80.3 cm³/mol. The van der Waals surface area contributed by atoms with Gasteiger partial charge in [0.05, 0.1) is 13.2 Å². The van der Waals surface area contributed by atoms with Crippen molar-refractivity contribution in [2.75, 3.05) is 62.3 Å². The van der Waals surface area contributed by atoms with Crippen molar-refractivity contribution in [3.05, 3.63) is 0 Å². The molecule has 2 aromatic rings. The van der Waals surface area contributed by atoms with Gasteiger partial charge in [0.1, 0.15) is 0 Å². The molecular weight excluding hydrogens is 302 g/mol. The Morgan fingerprint density at radius 1 is 0.826 bits per heavy atom. The van der Waals surface area contributed by atoms with Crippen LogP contribution in [0, 0.1) is 0 Å². The molecule has 0 aromatic carbocycles. The molecule has 0 N–H and O–H groups in total. The number of nitrogens with zero attached hydrogens (tertiary/aromatic N) is 7. The molecule has 0 aliphatic carbocycles. The van der Waals surface area contributed by atoms with Crippen molar-refractivity contribution < 1.29 is 14.2 Å². The van der Waals surface area contributed by atoms with E-state index < -0.39 is 0 Å². The van der Waals surface area contributed by atoms with Gasteiger partial charge in [0.15, 0.2) is 11.6 Å². The number of rotatable bonds is 3. The lowest BCUT2D eigenvalue weighted by atomic mass is 10.3. The third kappa shape index (κ3) is 2.65. The van der Waals surface area contributed by atoms with Gasteiger partial charge in [-0.2, -0.15) is 0 Å². The summed E-state index contributed by atoms with van der Waals surface area (Å²) in [7, 11) is 0. The topological polar surface area (TPSA) is 101 Å². The third-order valence-corrected chi connectivity index (χ3v) is 4.15. The molecule has 0 unspecified atom stereocenters. The highest BCUT2D eigenvalue weighted by Gasteiger charge is 2.26.